The standard InChI is InChI=1S/C16H14ClNO4/c1-8-2-3-9(17)6-10(8)18-14(20)12-11-4-5-16(7-19,22-11)13(12)15(18)21/h2-6,11-13,19H,7H2,1H3. The van der Waals surface area contributed by atoms with E-state index in [1.165, 1.54) is 4.90 Å². The van der Waals surface area contributed by atoms with Crippen LogP contribution in [0.1, 0.15) is 5.56 Å². The van der Waals surface area contributed by atoms with Crippen molar-refractivity contribution in [1.29, 1.82) is 0 Å². The minimum absolute atomic E-state index is 0.287. The first kappa shape index (κ1) is 13.9. The molecule has 5 nitrogen and oxygen atoms in total. The van der Waals surface area contributed by atoms with Crippen molar-refractivity contribution in [2.24, 2.45) is 11.8 Å². The number of anilines is 1. The quantitative estimate of drug-likeness (QED) is 0.662. The number of aliphatic hydroxyl groups excluding tert-OH is 1. The molecule has 114 valence electrons. The number of aliphatic hydroxyl groups is 1. The monoisotopic (exact) mass is 319 g/mol. The SMILES string of the molecule is Cc1ccc(Cl)cc1N1C(=O)C2C3C=CC(CO)(O3)C2C1=O. The number of fused-ring (bicyclic) bond motifs is 5. The molecule has 1 aromatic carbocycles. The summed E-state index contributed by atoms with van der Waals surface area (Å²) < 4.78 is 5.70. The third-order valence-corrected chi connectivity index (χ3v) is 5.05. The van der Waals surface area contributed by atoms with E-state index in [1.807, 2.05) is 6.92 Å². The molecule has 3 aliphatic heterocycles. The number of carbonyl (C=O) groups excluding carboxylic acids is 2. The maximum absolute atomic E-state index is 12.9. The van der Waals surface area contributed by atoms with Crippen LogP contribution in [0, 0.1) is 18.8 Å². The van der Waals surface area contributed by atoms with Crippen molar-refractivity contribution >= 4 is 29.1 Å². The summed E-state index contributed by atoms with van der Waals surface area (Å²) in [6.07, 6.45) is 3.02. The number of hydrogen-bond acceptors (Lipinski definition) is 4. The van der Waals surface area contributed by atoms with Gasteiger partial charge in [0.2, 0.25) is 11.8 Å². The van der Waals surface area contributed by atoms with Gasteiger partial charge in [0.15, 0.2) is 0 Å². The molecule has 1 N–H and O–H groups in total. The molecule has 3 heterocycles. The molecule has 4 rings (SSSR count). The van der Waals surface area contributed by atoms with E-state index in [0.29, 0.717) is 10.7 Å². The van der Waals surface area contributed by atoms with Crippen LogP contribution in [0.15, 0.2) is 30.4 Å². The first-order valence-corrected chi connectivity index (χ1v) is 7.48. The Kier molecular flexibility index (Phi) is 2.79. The van der Waals surface area contributed by atoms with Crippen LogP contribution in [-0.4, -0.2) is 35.2 Å². The highest BCUT2D eigenvalue weighted by molar-refractivity contribution is 6.31. The summed E-state index contributed by atoms with van der Waals surface area (Å²) in [4.78, 5) is 26.8. The predicted molar refractivity (Wildman–Crippen MR) is 79.5 cm³/mol. The maximum atomic E-state index is 12.9. The normalized spacial score (nSPS) is 35.6. The lowest BCUT2D eigenvalue weighted by Gasteiger charge is -2.26. The van der Waals surface area contributed by atoms with Gasteiger partial charge in [-0.25, -0.2) is 4.90 Å². The molecule has 0 radical (unpaired) electrons. The number of benzene rings is 1. The fraction of sp³-hybridized carbons (Fsp3) is 0.375. The van der Waals surface area contributed by atoms with Crippen molar-refractivity contribution in [3.63, 3.8) is 0 Å². The Morgan fingerprint density at radius 2 is 2.14 bits per heavy atom. The molecule has 0 aromatic heterocycles. The second-order valence-electron chi connectivity index (χ2n) is 6.00. The molecule has 6 heteroatoms. The minimum atomic E-state index is -1.07. The number of carbonyl (C=O) groups is 2. The van der Waals surface area contributed by atoms with Gasteiger partial charge in [-0.3, -0.25) is 9.59 Å². The number of aryl methyl sites for hydroxylation is 1. The van der Waals surface area contributed by atoms with Gasteiger partial charge >= 0.3 is 0 Å². The van der Waals surface area contributed by atoms with E-state index < -0.39 is 23.5 Å². The summed E-state index contributed by atoms with van der Waals surface area (Å²) in [5.41, 5.74) is 0.235. The van der Waals surface area contributed by atoms with Gasteiger partial charge in [-0.05, 0) is 24.6 Å². The van der Waals surface area contributed by atoms with E-state index in [-0.39, 0.29) is 18.4 Å². The number of hydrogen-bond donors (Lipinski definition) is 1. The van der Waals surface area contributed by atoms with E-state index >= 15 is 0 Å². The fourth-order valence-electron chi connectivity index (χ4n) is 3.74. The van der Waals surface area contributed by atoms with Crippen molar-refractivity contribution < 1.29 is 19.4 Å². The summed E-state index contributed by atoms with van der Waals surface area (Å²) in [7, 11) is 0. The topological polar surface area (TPSA) is 66.8 Å². The van der Waals surface area contributed by atoms with Crippen molar-refractivity contribution in [2.75, 3.05) is 11.5 Å². The van der Waals surface area contributed by atoms with E-state index in [9.17, 15) is 14.7 Å². The number of nitrogens with zero attached hydrogens (tertiary/aromatic N) is 1. The highest BCUT2D eigenvalue weighted by atomic mass is 35.5. The van der Waals surface area contributed by atoms with Crippen LogP contribution in [0.2, 0.25) is 5.02 Å². The molecule has 4 unspecified atom stereocenters. The average Bonchev–Trinajstić information content (AvgIpc) is 3.14. The number of halogens is 1. The third-order valence-electron chi connectivity index (χ3n) is 4.81. The zero-order valence-electron chi connectivity index (χ0n) is 11.8. The van der Waals surface area contributed by atoms with E-state index in [4.69, 9.17) is 16.3 Å². The molecule has 1 aromatic rings. The van der Waals surface area contributed by atoms with Gasteiger partial charge in [-0.2, -0.15) is 0 Å². The van der Waals surface area contributed by atoms with E-state index in [1.54, 1.807) is 30.4 Å². The van der Waals surface area contributed by atoms with Crippen molar-refractivity contribution in [3.8, 4) is 0 Å². The second-order valence-corrected chi connectivity index (χ2v) is 6.44. The third kappa shape index (κ3) is 1.56. The molecule has 3 aliphatic rings. The van der Waals surface area contributed by atoms with Crippen LogP contribution in [0.4, 0.5) is 5.69 Å². The molecule has 0 spiro atoms. The van der Waals surface area contributed by atoms with Gasteiger partial charge in [-0.15, -0.1) is 0 Å². The molecule has 22 heavy (non-hydrogen) atoms. The summed E-state index contributed by atoms with van der Waals surface area (Å²) in [6, 6.07) is 5.11. The molecule has 4 atom stereocenters. The van der Waals surface area contributed by atoms with Crippen LogP contribution in [-0.2, 0) is 14.3 Å². The maximum Gasteiger partial charge on any atom is 0.241 e. The summed E-state index contributed by atoms with van der Waals surface area (Å²) >= 11 is 6.01. The first-order chi connectivity index (χ1) is 10.5. The number of ether oxygens (including phenoxy) is 1. The predicted octanol–water partition coefficient (Wildman–Crippen LogP) is 1.45. The van der Waals surface area contributed by atoms with Crippen molar-refractivity contribution in [1.82, 2.24) is 0 Å². The van der Waals surface area contributed by atoms with Gasteiger partial charge < -0.3 is 9.84 Å². The zero-order valence-corrected chi connectivity index (χ0v) is 12.6. The molecule has 2 fully saturated rings. The van der Waals surface area contributed by atoms with Crippen molar-refractivity contribution in [3.05, 3.63) is 40.9 Å². The Labute approximate surface area is 132 Å². The minimum Gasteiger partial charge on any atom is -0.393 e. The van der Waals surface area contributed by atoms with Crippen molar-refractivity contribution in [2.45, 2.75) is 18.6 Å². The van der Waals surface area contributed by atoms with Gasteiger partial charge in [0.05, 0.1) is 30.2 Å². The lowest BCUT2D eigenvalue weighted by Crippen LogP contribution is -2.43. The Morgan fingerprint density at radius 3 is 2.86 bits per heavy atom. The Hall–Kier alpha value is -1.69. The highest BCUT2D eigenvalue weighted by Gasteiger charge is 2.67. The lowest BCUT2D eigenvalue weighted by atomic mass is 9.77. The summed E-state index contributed by atoms with van der Waals surface area (Å²) in [6.45, 7) is 1.51. The second kappa shape index (κ2) is 4.41. The van der Waals surface area contributed by atoms with Crippen LogP contribution in [0.5, 0.6) is 0 Å². The molecule has 2 saturated heterocycles. The lowest BCUT2D eigenvalue weighted by molar-refractivity contribution is -0.128. The highest BCUT2D eigenvalue weighted by Crippen LogP contribution is 2.52. The molecular formula is C16H14ClNO4. The smallest absolute Gasteiger partial charge is 0.241 e. The Bertz CT molecular complexity index is 731. The zero-order chi connectivity index (χ0) is 15.6. The Balaban J connectivity index is 1.81. The van der Waals surface area contributed by atoms with E-state index in [0.717, 1.165) is 5.56 Å². The largest absolute Gasteiger partial charge is 0.393 e. The van der Waals surface area contributed by atoms with Crippen LogP contribution >= 0.6 is 11.6 Å². The van der Waals surface area contributed by atoms with Crippen LogP contribution < -0.4 is 4.90 Å². The molecule has 0 saturated carbocycles. The molecule has 2 amide bonds. The average molecular weight is 320 g/mol. The van der Waals surface area contributed by atoms with Gasteiger partial charge in [0, 0.05) is 5.02 Å². The molecule has 2 bridgehead atoms. The van der Waals surface area contributed by atoms with Crippen LogP contribution in [0.3, 0.4) is 0 Å². The number of amides is 2. The Morgan fingerprint density at radius 1 is 1.36 bits per heavy atom. The molecular weight excluding hydrogens is 306 g/mol. The number of rotatable bonds is 2. The van der Waals surface area contributed by atoms with Gasteiger partial charge in [-0.1, -0.05) is 29.8 Å². The first-order valence-electron chi connectivity index (χ1n) is 7.10. The van der Waals surface area contributed by atoms with Gasteiger partial charge in [0.25, 0.3) is 0 Å². The summed E-state index contributed by atoms with van der Waals surface area (Å²) in [5.74, 6) is -1.85. The van der Waals surface area contributed by atoms with Crippen LogP contribution in [0.25, 0.3) is 0 Å². The summed E-state index contributed by atoms with van der Waals surface area (Å²) in [5, 5.41) is 10.1. The fourth-order valence-corrected chi connectivity index (χ4v) is 3.91. The van der Waals surface area contributed by atoms with Gasteiger partial charge in [0.1, 0.15) is 5.60 Å². The molecule has 0 aliphatic carbocycles. The number of imide groups is 1. The van der Waals surface area contributed by atoms with E-state index in [2.05, 4.69) is 0 Å².